The summed E-state index contributed by atoms with van der Waals surface area (Å²) in [5.74, 6) is -0.0386. The van der Waals surface area contributed by atoms with Crippen LogP contribution in [0.4, 0.5) is 22.8 Å². The van der Waals surface area contributed by atoms with Crippen LogP contribution >= 0.6 is 0 Å². The lowest BCUT2D eigenvalue weighted by Gasteiger charge is -2.28. The SMILES string of the molecule is CNC(=O)O[C@@H](C(=O)N1CCC[C@H]1c1nc(-c2ccc(-c3ncc(-c4cnc([C@@H]5CCCN5C(=O)[C@H](NC(=O)OC)c5ccccc5)[nH]4)cn3)cc2)c(C(F)(F)F)[nH]1)c1ccccc1. The molecule has 64 heavy (non-hydrogen) atoms. The Hall–Kier alpha value is -7.57. The van der Waals surface area contributed by atoms with Crippen molar-refractivity contribution in [1.82, 2.24) is 50.3 Å². The number of carbonyl (C=O) groups excluding carboxylic acids is 4. The number of hydrogen-bond acceptors (Lipinski definition) is 10. The Morgan fingerprint density at radius 1 is 0.719 bits per heavy atom. The molecule has 8 rings (SSSR count). The maximum absolute atomic E-state index is 14.6. The highest BCUT2D eigenvalue weighted by atomic mass is 19.4. The first-order chi connectivity index (χ1) is 30.9. The molecule has 4 amide bonds. The van der Waals surface area contributed by atoms with E-state index in [4.69, 9.17) is 9.47 Å². The number of alkyl halides is 3. The minimum atomic E-state index is -4.80. The van der Waals surface area contributed by atoms with Crippen molar-refractivity contribution >= 4 is 24.0 Å². The van der Waals surface area contributed by atoms with E-state index in [1.54, 1.807) is 90.2 Å². The molecule has 0 radical (unpaired) electrons. The van der Waals surface area contributed by atoms with E-state index in [2.05, 4.69) is 40.5 Å². The third-order valence-corrected chi connectivity index (χ3v) is 11.3. The second kappa shape index (κ2) is 18.4. The van der Waals surface area contributed by atoms with Gasteiger partial charge >= 0.3 is 18.4 Å². The van der Waals surface area contributed by atoms with Crippen LogP contribution in [0.5, 0.6) is 0 Å². The summed E-state index contributed by atoms with van der Waals surface area (Å²) in [6.45, 7) is 0.692. The molecule has 2 aliphatic heterocycles. The van der Waals surface area contributed by atoms with Crippen LogP contribution in [0, 0.1) is 0 Å². The molecule has 4 atom stereocenters. The largest absolute Gasteiger partial charge is 0.453 e. The number of imidazole rings is 2. The predicted octanol–water partition coefficient (Wildman–Crippen LogP) is 7.46. The maximum atomic E-state index is 14.6. The minimum Gasteiger partial charge on any atom is -0.453 e. The van der Waals surface area contributed by atoms with Crippen molar-refractivity contribution in [3.8, 4) is 33.9 Å². The van der Waals surface area contributed by atoms with Crippen LogP contribution in [-0.4, -0.2) is 91.0 Å². The van der Waals surface area contributed by atoms with Crippen LogP contribution < -0.4 is 10.6 Å². The molecule has 0 unspecified atom stereocenters. The first kappa shape index (κ1) is 43.1. The molecule has 19 heteroatoms. The lowest BCUT2D eigenvalue weighted by Crippen LogP contribution is -2.42. The molecule has 16 nitrogen and oxygen atoms in total. The van der Waals surface area contributed by atoms with Gasteiger partial charge in [-0.25, -0.2) is 29.5 Å². The molecule has 330 valence electrons. The standard InChI is InChI=1S/C45H43F3N10O6/c1-49-43(61)64-36(28-13-7-4-8-14-28)42(60)58-22-10-16-33(58)40-54-34(37(56-40)45(46,47)48)27-17-19-29(20-18-27)38-50-23-30(24-51-38)31-25-52-39(53-31)32-15-9-21-57(32)41(59)35(55-44(62)63-2)26-11-5-3-6-12-26/h3-8,11-14,17-20,23-25,32-33,35-36H,9-10,15-16,21-22H2,1-2H3,(H,49,61)(H,52,53)(H,54,56)(H,55,62)/t32-,33-,35+,36+/m0/s1. The van der Waals surface area contributed by atoms with Gasteiger partial charge in [0.25, 0.3) is 11.8 Å². The number of nitrogens with one attached hydrogen (secondary N) is 4. The molecule has 3 aromatic heterocycles. The number of hydrogen-bond donors (Lipinski definition) is 4. The predicted molar refractivity (Wildman–Crippen MR) is 224 cm³/mol. The van der Waals surface area contributed by atoms with Gasteiger partial charge < -0.3 is 39.9 Å². The third kappa shape index (κ3) is 9.00. The van der Waals surface area contributed by atoms with Gasteiger partial charge in [-0.2, -0.15) is 13.2 Å². The molecule has 0 spiro atoms. The topological polar surface area (TPSA) is 200 Å². The number of ether oxygens (including phenoxy) is 2. The van der Waals surface area contributed by atoms with Crippen molar-refractivity contribution in [1.29, 1.82) is 0 Å². The van der Waals surface area contributed by atoms with E-state index in [1.807, 2.05) is 6.07 Å². The van der Waals surface area contributed by atoms with E-state index in [9.17, 15) is 32.3 Å². The third-order valence-electron chi connectivity index (χ3n) is 11.3. The zero-order valence-electron chi connectivity index (χ0n) is 34.6. The average Bonchev–Trinajstić information content (AvgIpc) is 4.17. The summed E-state index contributed by atoms with van der Waals surface area (Å²) in [6, 6.07) is 21.3. The molecule has 2 aliphatic rings. The van der Waals surface area contributed by atoms with Crippen molar-refractivity contribution in [2.75, 3.05) is 27.2 Å². The number of likely N-dealkylation sites (tertiary alicyclic amines) is 2. The Kier molecular flexibility index (Phi) is 12.4. The second-order valence-electron chi connectivity index (χ2n) is 15.2. The van der Waals surface area contributed by atoms with Crippen LogP contribution in [0.2, 0.25) is 0 Å². The summed E-state index contributed by atoms with van der Waals surface area (Å²) >= 11 is 0. The summed E-state index contributed by atoms with van der Waals surface area (Å²) in [5.41, 5.74) is 1.56. The summed E-state index contributed by atoms with van der Waals surface area (Å²) in [7, 11) is 2.60. The molecule has 3 aromatic carbocycles. The summed E-state index contributed by atoms with van der Waals surface area (Å²) < 4.78 is 53.9. The molecule has 0 saturated carbocycles. The summed E-state index contributed by atoms with van der Waals surface area (Å²) in [4.78, 5) is 79.2. The van der Waals surface area contributed by atoms with Gasteiger partial charge in [-0.05, 0) is 31.2 Å². The molecule has 0 aliphatic carbocycles. The van der Waals surface area contributed by atoms with Gasteiger partial charge in [-0.1, -0.05) is 84.9 Å². The molecule has 0 bridgehead atoms. The highest BCUT2D eigenvalue weighted by Gasteiger charge is 2.42. The Bertz CT molecular complexity index is 2610. The van der Waals surface area contributed by atoms with Crippen LogP contribution in [0.1, 0.15) is 78.4 Å². The lowest BCUT2D eigenvalue weighted by atomic mass is 10.1. The number of aromatic amines is 2. The summed E-state index contributed by atoms with van der Waals surface area (Å²) in [6.07, 6.45) is -0.650. The normalized spacial score (nSPS) is 17.1. The van der Waals surface area contributed by atoms with E-state index in [-0.39, 0.29) is 35.6 Å². The number of benzene rings is 3. The second-order valence-corrected chi connectivity index (χ2v) is 15.2. The number of aromatic nitrogens is 6. The highest BCUT2D eigenvalue weighted by molar-refractivity contribution is 5.88. The number of alkyl carbamates (subject to hydrolysis) is 2. The van der Waals surface area contributed by atoms with E-state index < -0.39 is 48.2 Å². The first-order valence-electron chi connectivity index (χ1n) is 20.5. The fraction of sp³-hybridized carbons (Fsp3) is 0.289. The van der Waals surface area contributed by atoms with Gasteiger partial charge in [0.15, 0.2) is 5.82 Å². The fourth-order valence-electron chi connectivity index (χ4n) is 8.12. The quantitative estimate of drug-likeness (QED) is 0.101. The van der Waals surface area contributed by atoms with Gasteiger partial charge in [-0.3, -0.25) is 9.59 Å². The maximum Gasteiger partial charge on any atom is 0.433 e. The molecule has 6 aromatic rings. The minimum absolute atomic E-state index is 0.0379. The molecular weight excluding hydrogens is 834 g/mol. The van der Waals surface area contributed by atoms with Crippen LogP contribution in [0.3, 0.4) is 0 Å². The number of nitrogens with zero attached hydrogens (tertiary/aromatic N) is 6. The van der Waals surface area contributed by atoms with E-state index in [1.165, 1.54) is 31.2 Å². The van der Waals surface area contributed by atoms with Crippen molar-refractivity contribution in [2.24, 2.45) is 0 Å². The number of carbonyl (C=O) groups is 4. The van der Waals surface area contributed by atoms with Gasteiger partial charge in [0.1, 0.15) is 29.1 Å². The lowest BCUT2D eigenvalue weighted by molar-refractivity contribution is -0.142. The Balaban J connectivity index is 0.982. The van der Waals surface area contributed by atoms with Crippen LogP contribution in [0.25, 0.3) is 33.9 Å². The van der Waals surface area contributed by atoms with Crippen molar-refractivity contribution < 1.29 is 41.8 Å². The van der Waals surface area contributed by atoms with Gasteiger partial charge in [0, 0.05) is 54.8 Å². The Morgan fingerprint density at radius 3 is 1.92 bits per heavy atom. The fourth-order valence-corrected chi connectivity index (χ4v) is 8.12. The van der Waals surface area contributed by atoms with Crippen LogP contribution in [0.15, 0.2) is 104 Å². The van der Waals surface area contributed by atoms with Crippen molar-refractivity contribution in [3.63, 3.8) is 0 Å². The monoisotopic (exact) mass is 876 g/mol. The van der Waals surface area contributed by atoms with Gasteiger partial charge in [0.2, 0.25) is 6.10 Å². The van der Waals surface area contributed by atoms with Gasteiger partial charge in [-0.15, -0.1) is 0 Å². The summed E-state index contributed by atoms with van der Waals surface area (Å²) in [5, 5.41) is 5.00. The van der Waals surface area contributed by atoms with Crippen molar-refractivity contribution in [2.45, 2.75) is 56.1 Å². The van der Waals surface area contributed by atoms with E-state index >= 15 is 0 Å². The zero-order valence-corrected chi connectivity index (χ0v) is 34.6. The van der Waals surface area contributed by atoms with Crippen molar-refractivity contribution in [3.05, 3.63) is 132 Å². The molecule has 4 N–H and O–H groups in total. The van der Waals surface area contributed by atoms with Crippen LogP contribution in [-0.2, 0) is 25.2 Å². The Labute approximate surface area is 364 Å². The first-order valence-corrected chi connectivity index (χ1v) is 20.5. The number of H-pyrrole nitrogens is 2. The molecule has 5 heterocycles. The molecule has 2 saturated heterocycles. The number of halogens is 3. The molecule has 2 fully saturated rings. The number of methoxy groups -OCH3 is 1. The van der Waals surface area contributed by atoms with E-state index in [0.717, 1.165) is 6.42 Å². The number of rotatable bonds is 11. The Morgan fingerprint density at radius 2 is 1.31 bits per heavy atom. The average molecular weight is 877 g/mol. The zero-order chi connectivity index (χ0) is 45.0. The van der Waals surface area contributed by atoms with E-state index in [0.29, 0.717) is 65.4 Å². The molecular formula is C45H43F3N10O6. The smallest absolute Gasteiger partial charge is 0.433 e. The van der Waals surface area contributed by atoms with Gasteiger partial charge in [0.05, 0.1) is 31.1 Å². The number of amides is 4. The highest BCUT2D eigenvalue weighted by Crippen LogP contribution is 2.41.